The van der Waals surface area contributed by atoms with Crippen LogP contribution in [0.1, 0.15) is 24.2 Å². The monoisotopic (exact) mass is 404 g/mol. The molecule has 1 aromatic rings. The van der Waals surface area contributed by atoms with Gasteiger partial charge in [-0.1, -0.05) is 31.9 Å². The molecule has 0 fully saturated rings. The molecule has 0 aliphatic carbocycles. The van der Waals surface area contributed by atoms with Crippen LogP contribution in [0.25, 0.3) is 0 Å². The fraction of sp³-hybridized carbons (Fsp3) is 0.500. The molecule has 108 valence electrons. The standard InChI is InChI=1S/C12H13Br2F3O2/c1-3-18-9-5-7(11(14)12(15,16)17)8(13)6-10(9)19-4-2/h5-6,11H,3-4H2,1-2H3. The van der Waals surface area contributed by atoms with Crippen LogP contribution in [0.2, 0.25) is 0 Å². The van der Waals surface area contributed by atoms with Gasteiger partial charge in [0.25, 0.3) is 0 Å². The Kier molecular flexibility index (Phi) is 5.98. The number of hydrogen-bond acceptors (Lipinski definition) is 2. The summed E-state index contributed by atoms with van der Waals surface area (Å²) in [6.45, 7) is 4.30. The highest BCUT2D eigenvalue weighted by atomic mass is 79.9. The molecular formula is C12H13Br2F3O2. The number of alkyl halides is 4. The first-order chi connectivity index (χ1) is 8.81. The highest BCUT2D eigenvalue weighted by Crippen LogP contribution is 2.45. The zero-order valence-corrected chi connectivity index (χ0v) is 13.5. The van der Waals surface area contributed by atoms with Crippen molar-refractivity contribution in [1.29, 1.82) is 0 Å². The van der Waals surface area contributed by atoms with E-state index >= 15 is 0 Å². The summed E-state index contributed by atoms with van der Waals surface area (Å²) >= 11 is 5.78. The van der Waals surface area contributed by atoms with Crippen molar-refractivity contribution in [2.75, 3.05) is 13.2 Å². The van der Waals surface area contributed by atoms with Crippen LogP contribution in [-0.4, -0.2) is 19.4 Å². The van der Waals surface area contributed by atoms with Crippen LogP contribution in [0, 0.1) is 0 Å². The predicted octanol–water partition coefficient (Wildman–Crippen LogP) is 5.24. The van der Waals surface area contributed by atoms with E-state index in [4.69, 9.17) is 9.47 Å². The van der Waals surface area contributed by atoms with Gasteiger partial charge in [-0.3, -0.25) is 0 Å². The molecule has 0 N–H and O–H groups in total. The topological polar surface area (TPSA) is 18.5 Å². The normalized spacial score (nSPS) is 13.2. The van der Waals surface area contributed by atoms with Crippen LogP contribution in [-0.2, 0) is 0 Å². The van der Waals surface area contributed by atoms with Crippen LogP contribution >= 0.6 is 31.9 Å². The molecule has 0 spiro atoms. The highest BCUT2D eigenvalue weighted by Gasteiger charge is 2.40. The van der Waals surface area contributed by atoms with Gasteiger partial charge < -0.3 is 9.47 Å². The highest BCUT2D eigenvalue weighted by molar-refractivity contribution is 9.11. The van der Waals surface area contributed by atoms with E-state index in [1.807, 2.05) is 0 Å². The summed E-state index contributed by atoms with van der Waals surface area (Å²) in [4.78, 5) is -1.76. The van der Waals surface area contributed by atoms with Crippen molar-refractivity contribution >= 4 is 31.9 Å². The first-order valence-corrected chi connectivity index (χ1v) is 7.31. The van der Waals surface area contributed by atoms with Gasteiger partial charge in [-0.15, -0.1) is 0 Å². The lowest BCUT2D eigenvalue weighted by molar-refractivity contribution is -0.128. The summed E-state index contributed by atoms with van der Waals surface area (Å²) in [5, 5.41) is 0. The molecule has 0 aliphatic heterocycles. The summed E-state index contributed by atoms with van der Waals surface area (Å²) in [5.74, 6) is 0.720. The van der Waals surface area contributed by atoms with Crippen LogP contribution in [0.3, 0.4) is 0 Å². The predicted molar refractivity (Wildman–Crippen MR) is 74.2 cm³/mol. The van der Waals surface area contributed by atoms with Crippen molar-refractivity contribution < 1.29 is 22.6 Å². The molecule has 0 saturated carbocycles. The summed E-state index contributed by atoms with van der Waals surface area (Å²) < 4.78 is 49.2. The van der Waals surface area contributed by atoms with E-state index in [1.54, 1.807) is 13.8 Å². The first-order valence-electron chi connectivity index (χ1n) is 5.61. The van der Waals surface area contributed by atoms with Crippen LogP contribution in [0.4, 0.5) is 13.2 Å². The Morgan fingerprint density at radius 2 is 1.58 bits per heavy atom. The molecule has 2 nitrogen and oxygen atoms in total. The first kappa shape index (κ1) is 16.6. The SMILES string of the molecule is CCOc1cc(Br)c(C(Br)C(F)(F)F)cc1OCC. The number of rotatable bonds is 5. The van der Waals surface area contributed by atoms with Crippen molar-refractivity contribution in [3.8, 4) is 11.5 Å². The second-order valence-electron chi connectivity index (χ2n) is 3.59. The maximum absolute atomic E-state index is 12.7. The van der Waals surface area contributed by atoms with Crippen molar-refractivity contribution in [1.82, 2.24) is 0 Å². The Balaban J connectivity index is 3.23. The molecule has 0 aromatic heterocycles. The third kappa shape index (κ3) is 4.27. The molecule has 1 rings (SSSR count). The van der Waals surface area contributed by atoms with Gasteiger partial charge in [0.15, 0.2) is 11.5 Å². The smallest absolute Gasteiger partial charge is 0.405 e. The lowest BCUT2D eigenvalue weighted by Gasteiger charge is -2.19. The second kappa shape index (κ2) is 6.83. The van der Waals surface area contributed by atoms with Gasteiger partial charge in [-0.25, -0.2) is 0 Å². The van der Waals surface area contributed by atoms with Crippen molar-refractivity contribution in [2.45, 2.75) is 24.9 Å². The molecule has 0 saturated heterocycles. The minimum Gasteiger partial charge on any atom is -0.490 e. The van der Waals surface area contributed by atoms with E-state index in [0.717, 1.165) is 0 Å². The second-order valence-corrected chi connectivity index (χ2v) is 5.36. The van der Waals surface area contributed by atoms with Gasteiger partial charge >= 0.3 is 6.18 Å². The molecule has 0 aliphatic rings. The third-order valence-electron chi connectivity index (χ3n) is 2.22. The van der Waals surface area contributed by atoms with Gasteiger partial charge in [0.1, 0.15) is 4.83 Å². The molecule has 1 unspecified atom stereocenters. The summed E-state index contributed by atoms with van der Waals surface area (Å²) in [6, 6.07) is 2.83. The Hall–Kier alpha value is -0.430. The Labute approximate surface area is 126 Å². The summed E-state index contributed by atoms with van der Waals surface area (Å²) in [5.41, 5.74) is 0.0550. The Morgan fingerprint density at radius 3 is 2.00 bits per heavy atom. The average molecular weight is 406 g/mol. The van der Waals surface area contributed by atoms with Crippen molar-refractivity contribution in [2.24, 2.45) is 0 Å². The van der Waals surface area contributed by atoms with Crippen LogP contribution < -0.4 is 9.47 Å². The van der Waals surface area contributed by atoms with E-state index in [-0.39, 0.29) is 5.56 Å². The number of halogens is 5. The molecule has 0 bridgehead atoms. The van der Waals surface area contributed by atoms with E-state index in [2.05, 4.69) is 31.9 Å². The average Bonchev–Trinajstić information content (AvgIpc) is 2.31. The minimum atomic E-state index is -4.38. The zero-order valence-electron chi connectivity index (χ0n) is 10.4. The molecule has 0 heterocycles. The molecule has 1 atom stereocenters. The van der Waals surface area contributed by atoms with Gasteiger partial charge in [-0.05, 0) is 31.5 Å². The van der Waals surface area contributed by atoms with Crippen molar-refractivity contribution in [3.05, 3.63) is 22.2 Å². The summed E-state index contributed by atoms with van der Waals surface area (Å²) in [7, 11) is 0. The lowest BCUT2D eigenvalue weighted by Crippen LogP contribution is -2.16. The molecule has 0 radical (unpaired) electrons. The maximum Gasteiger partial charge on any atom is 0.405 e. The molecule has 7 heteroatoms. The molecule has 1 aromatic carbocycles. The van der Waals surface area contributed by atoms with Gasteiger partial charge in [-0.2, -0.15) is 13.2 Å². The number of hydrogen-bond donors (Lipinski definition) is 0. The van der Waals surface area contributed by atoms with Crippen LogP contribution in [0.15, 0.2) is 16.6 Å². The maximum atomic E-state index is 12.7. The lowest BCUT2D eigenvalue weighted by atomic mass is 10.1. The largest absolute Gasteiger partial charge is 0.490 e. The molecule has 19 heavy (non-hydrogen) atoms. The fourth-order valence-electron chi connectivity index (χ4n) is 1.46. The third-order valence-corrected chi connectivity index (χ3v) is 3.92. The van der Waals surface area contributed by atoms with E-state index in [9.17, 15) is 13.2 Å². The van der Waals surface area contributed by atoms with Crippen molar-refractivity contribution in [3.63, 3.8) is 0 Å². The van der Waals surface area contributed by atoms with Crippen LogP contribution in [0.5, 0.6) is 11.5 Å². The van der Waals surface area contributed by atoms with E-state index in [0.29, 0.717) is 29.2 Å². The van der Waals surface area contributed by atoms with Gasteiger partial charge in [0, 0.05) is 4.47 Å². The zero-order chi connectivity index (χ0) is 14.6. The number of benzene rings is 1. The summed E-state index contributed by atoms with van der Waals surface area (Å²) in [6.07, 6.45) is -4.38. The van der Waals surface area contributed by atoms with E-state index < -0.39 is 11.0 Å². The minimum absolute atomic E-state index is 0.0550. The van der Waals surface area contributed by atoms with E-state index in [1.165, 1.54) is 12.1 Å². The van der Waals surface area contributed by atoms with Gasteiger partial charge in [0.2, 0.25) is 0 Å². The Bertz CT molecular complexity index is 436. The number of ether oxygens (including phenoxy) is 2. The molecular weight excluding hydrogens is 393 g/mol. The molecule has 0 amide bonds. The fourth-order valence-corrected chi connectivity index (χ4v) is 2.70. The van der Waals surface area contributed by atoms with Gasteiger partial charge in [0.05, 0.1) is 13.2 Å². The quantitative estimate of drug-likeness (QED) is 0.623. The Morgan fingerprint density at radius 1 is 1.11 bits per heavy atom.